The number of aliphatic imine (C=N–C) groups is 1. The predicted molar refractivity (Wildman–Crippen MR) is 74.3 cm³/mol. The molecule has 1 aromatic carbocycles. The minimum atomic E-state index is -0.507. The van der Waals surface area contributed by atoms with Crippen LogP contribution in [0, 0.1) is 11.3 Å². The summed E-state index contributed by atoms with van der Waals surface area (Å²) < 4.78 is 5.08. The Hall–Kier alpha value is -2.88. The molecule has 1 aromatic rings. The summed E-state index contributed by atoms with van der Waals surface area (Å²) in [4.78, 5) is 27.3. The molecule has 2 amide bonds. The molecular formula is C14H14N4O3. The second kappa shape index (κ2) is 6.52. The lowest BCUT2D eigenvalue weighted by Gasteiger charge is -2.21. The van der Waals surface area contributed by atoms with E-state index in [-0.39, 0.29) is 30.8 Å². The Balaban J connectivity index is 2.16. The number of hydrogen-bond acceptors (Lipinski definition) is 5. The second-order valence-corrected chi connectivity index (χ2v) is 4.40. The van der Waals surface area contributed by atoms with Crippen molar-refractivity contribution in [2.75, 3.05) is 7.11 Å². The lowest BCUT2D eigenvalue weighted by molar-refractivity contribution is -0.120. The van der Waals surface area contributed by atoms with Crippen LogP contribution < -0.4 is 15.4 Å². The molecule has 0 bridgehead atoms. The van der Waals surface area contributed by atoms with Gasteiger partial charge in [-0.3, -0.25) is 20.2 Å². The molecule has 2 N–H and O–H groups in total. The maximum atomic E-state index is 11.7. The molecule has 7 heteroatoms. The van der Waals surface area contributed by atoms with Gasteiger partial charge in [-0.1, -0.05) is 12.1 Å². The lowest BCUT2D eigenvalue weighted by atomic mass is 10.0. The normalized spacial score (nSPS) is 17.2. The Morgan fingerprint density at radius 1 is 1.52 bits per heavy atom. The molecule has 1 unspecified atom stereocenters. The summed E-state index contributed by atoms with van der Waals surface area (Å²) in [6.07, 6.45) is -0.0912. The number of rotatable bonds is 3. The highest BCUT2D eigenvalue weighted by Crippen LogP contribution is 2.25. The van der Waals surface area contributed by atoms with Gasteiger partial charge >= 0.3 is 0 Å². The lowest BCUT2D eigenvalue weighted by Crippen LogP contribution is -2.46. The molecule has 0 spiro atoms. The quantitative estimate of drug-likeness (QED) is 0.851. The third-order valence-corrected chi connectivity index (χ3v) is 2.92. The van der Waals surface area contributed by atoms with Gasteiger partial charge in [0.25, 0.3) is 0 Å². The molecule has 108 valence electrons. The van der Waals surface area contributed by atoms with E-state index < -0.39 is 5.91 Å². The van der Waals surface area contributed by atoms with Crippen LogP contribution in [0.2, 0.25) is 0 Å². The number of hydrogen-bond donors (Lipinski definition) is 2. The summed E-state index contributed by atoms with van der Waals surface area (Å²) in [6.45, 7) is 0. The topological polar surface area (TPSA) is 104 Å². The molecule has 1 heterocycles. The van der Waals surface area contributed by atoms with Gasteiger partial charge in [0.15, 0.2) is 0 Å². The van der Waals surface area contributed by atoms with E-state index >= 15 is 0 Å². The minimum absolute atomic E-state index is 0.0762. The molecule has 7 nitrogen and oxygen atoms in total. The molecule has 0 aliphatic carbocycles. The molecule has 0 aromatic heterocycles. The summed E-state index contributed by atoms with van der Waals surface area (Å²) in [5.74, 6) is 0.0443. The molecule has 2 rings (SSSR count). The van der Waals surface area contributed by atoms with E-state index in [9.17, 15) is 9.59 Å². The van der Waals surface area contributed by atoms with Gasteiger partial charge in [-0.05, 0) is 17.7 Å². The monoisotopic (exact) mass is 286 g/mol. The van der Waals surface area contributed by atoms with Crippen LogP contribution in [-0.4, -0.2) is 24.9 Å². The zero-order valence-electron chi connectivity index (χ0n) is 11.4. The van der Waals surface area contributed by atoms with Crippen LogP contribution in [0.15, 0.2) is 29.3 Å². The van der Waals surface area contributed by atoms with E-state index in [1.54, 1.807) is 25.3 Å². The van der Waals surface area contributed by atoms with Gasteiger partial charge in [0, 0.05) is 0 Å². The SMILES string of the molecule is COc1ccc(C2CC(=O)NC(NC(=O)CC#N)=N2)cc1. The third-order valence-electron chi connectivity index (χ3n) is 2.92. The number of ether oxygens (including phenoxy) is 1. The predicted octanol–water partition coefficient (Wildman–Crippen LogP) is 0.642. The van der Waals surface area contributed by atoms with E-state index in [0.29, 0.717) is 5.75 Å². The van der Waals surface area contributed by atoms with Crippen molar-refractivity contribution in [2.24, 2.45) is 4.99 Å². The van der Waals surface area contributed by atoms with Crippen molar-refractivity contribution in [1.82, 2.24) is 10.6 Å². The molecule has 0 saturated carbocycles. The fourth-order valence-electron chi connectivity index (χ4n) is 1.92. The van der Waals surface area contributed by atoms with Crippen LogP contribution in [0.4, 0.5) is 0 Å². The number of nitrogens with zero attached hydrogens (tertiary/aromatic N) is 2. The Labute approximate surface area is 121 Å². The first-order valence-electron chi connectivity index (χ1n) is 6.30. The molecule has 21 heavy (non-hydrogen) atoms. The van der Waals surface area contributed by atoms with Crippen LogP contribution in [0.25, 0.3) is 0 Å². The number of carbonyl (C=O) groups is 2. The number of nitrogens with one attached hydrogen (secondary N) is 2. The number of amides is 2. The highest BCUT2D eigenvalue weighted by atomic mass is 16.5. The molecule has 0 radical (unpaired) electrons. The molecule has 1 aliphatic heterocycles. The average molecular weight is 286 g/mol. The van der Waals surface area contributed by atoms with Crippen molar-refractivity contribution in [3.63, 3.8) is 0 Å². The Kier molecular flexibility index (Phi) is 4.51. The zero-order valence-corrected chi connectivity index (χ0v) is 11.4. The van der Waals surface area contributed by atoms with Crippen LogP contribution in [0.5, 0.6) is 5.75 Å². The smallest absolute Gasteiger partial charge is 0.240 e. The standard InChI is InChI=1S/C14H14N4O3/c1-21-10-4-2-9(3-5-10)11-8-13(20)18-14(16-11)17-12(19)6-7-15/h2-5,11H,6,8H2,1H3,(H2,16,17,18,19,20). The fraction of sp³-hybridized carbons (Fsp3) is 0.286. The maximum Gasteiger partial charge on any atom is 0.240 e. The van der Waals surface area contributed by atoms with Gasteiger partial charge in [0.05, 0.1) is 25.6 Å². The largest absolute Gasteiger partial charge is 0.497 e. The van der Waals surface area contributed by atoms with Crippen LogP contribution in [-0.2, 0) is 9.59 Å². The first-order chi connectivity index (χ1) is 10.1. The molecular weight excluding hydrogens is 272 g/mol. The molecule has 1 aliphatic rings. The van der Waals surface area contributed by atoms with Crippen molar-refractivity contribution in [2.45, 2.75) is 18.9 Å². The van der Waals surface area contributed by atoms with Crippen molar-refractivity contribution in [3.8, 4) is 11.8 Å². The first kappa shape index (κ1) is 14.5. The van der Waals surface area contributed by atoms with Gasteiger partial charge in [-0.25, -0.2) is 4.99 Å². The Bertz CT molecular complexity index is 616. The van der Waals surface area contributed by atoms with Gasteiger partial charge in [0.1, 0.15) is 12.2 Å². The highest BCUT2D eigenvalue weighted by Gasteiger charge is 2.23. The highest BCUT2D eigenvalue weighted by molar-refractivity contribution is 6.06. The summed E-state index contributed by atoms with van der Waals surface area (Å²) in [5.41, 5.74) is 0.845. The summed E-state index contributed by atoms with van der Waals surface area (Å²) in [5, 5.41) is 13.3. The molecule has 0 saturated heterocycles. The fourth-order valence-corrected chi connectivity index (χ4v) is 1.92. The summed E-state index contributed by atoms with van der Waals surface area (Å²) in [7, 11) is 1.57. The van der Waals surface area contributed by atoms with Crippen molar-refractivity contribution in [1.29, 1.82) is 5.26 Å². The van der Waals surface area contributed by atoms with E-state index in [0.717, 1.165) is 5.56 Å². The van der Waals surface area contributed by atoms with Crippen molar-refractivity contribution < 1.29 is 14.3 Å². The Morgan fingerprint density at radius 2 is 2.24 bits per heavy atom. The number of benzene rings is 1. The molecule has 0 fully saturated rings. The number of carbonyl (C=O) groups excluding carboxylic acids is 2. The van der Waals surface area contributed by atoms with Gasteiger partial charge in [0.2, 0.25) is 17.8 Å². The number of nitriles is 1. The van der Waals surface area contributed by atoms with Crippen molar-refractivity contribution >= 4 is 17.8 Å². The first-order valence-corrected chi connectivity index (χ1v) is 6.30. The zero-order chi connectivity index (χ0) is 15.2. The van der Waals surface area contributed by atoms with E-state index in [2.05, 4.69) is 15.6 Å². The summed E-state index contributed by atoms with van der Waals surface area (Å²) in [6, 6.07) is 8.56. The van der Waals surface area contributed by atoms with E-state index in [4.69, 9.17) is 10.00 Å². The average Bonchev–Trinajstić information content (AvgIpc) is 2.47. The summed E-state index contributed by atoms with van der Waals surface area (Å²) >= 11 is 0. The minimum Gasteiger partial charge on any atom is -0.497 e. The van der Waals surface area contributed by atoms with Gasteiger partial charge < -0.3 is 4.74 Å². The van der Waals surface area contributed by atoms with Crippen molar-refractivity contribution in [3.05, 3.63) is 29.8 Å². The number of methoxy groups -OCH3 is 1. The van der Waals surface area contributed by atoms with Gasteiger partial charge in [-0.2, -0.15) is 5.26 Å². The van der Waals surface area contributed by atoms with Crippen LogP contribution >= 0.6 is 0 Å². The van der Waals surface area contributed by atoms with E-state index in [1.807, 2.05) is 12.1 Å². The second-order valence-electron chi connectivity index (χ2n) is 4.40. The Morgan fingerprint density at radius 3 is 2.86 bits per heavy atom. The van der Waals surface area contributed by atoms with Crippen LogP contribution in [0.3, 0.4) is 0 Å². The molecule has 1 atom stereocenters. The van der Waals surface area contributed by atoms with E-state index in [1.165, 1.54) is 0 Å². The third kappa shape index (κ3) is 3.79. The van der Waals surface area contributed by atoms with Gasteiger partial charge in [-0.15, -0.1) is 0 Å². The van der Waals surface area contributed by atoms with Crippen LogP contribution in [0.1, 0.15) is 24.4 Å². The number of guanidine groups is 1. The maximum absolute atomic E-state index is 11.7.